The van der Waals surface area contributed by atoms with E-state index in [2.05, 4.69) is 5.32 Å². The molecule has 3 N–H and O–H groups in total. The van der Waals surface area contributed by atoms with Crippen molar-refractivity contribution in [3.8, 4) is 0 Å². The Kier molecular flexibility index (Phi) is 13.3. The molecule has 0 aromatic heterocycles. The third-order valence-corrected chi connectivity index (χ3v) is 9.75. The van der Waals surface area contributed by atoms with Crippen LogP contribution < -0.4 is 5.32 Å². The smallest absolute Gasteiger partial charge is 0.345 e. The van der Waals surface area contributed by atoms with Crippen LogP contribution in [0.15, 0.2) is 0 Å². The van der Waals surface area contributed by atoms with E-state index in [0.29, 0.717) is 0 Å². The molecule has 0 spiro atoms. The minimum atomic E-state index is -4.05. The topological polar surface area (TPSA) is 175 Å². The number of hydrogen-bond acceptors (Lipinski definition) is 9. The van der Waals surface area contributed by atoms with Gasteiger partial charge in [0.25, 0.3) is 0 Å². The molecule has 1 amide bonds. The Labute approximate surface area is 175 Å². The number of nitrogens with one attached hydrogen (secondary N) is 1. The third kappa shape index (κ3) is 9.24. The van der Waals surface area contributed by atoms with Gasteiger partial charge in [-0.05, 0) is 34.1 Å². The molecule has 0 saturated carbocycles. The molecule has 14 heteroatoms. The lowest BCUT2D eigenvalue weighted by atomic mass is 10.2. The summed E-state index contributed by atoms with van der Waals surface area (Å²) in [5.74, 6) is -3.77. The molecule has 0 aromatic rings. The fourth-order valence-electron chi connectivity index (χ4n) is 2.53. The van der Waals surface area contributed by atoms with Gasteiger partial charge in [-0.2, -0.15) is 0 Å². The average molecular weight is 475 g/mol. The second kappa shape index (κ2) is 13.9. The van der Waals surface area contributed by atoms with E-state index in [1.807, 2.05) is 0 Å². The highest BCUT2D eigenvalue weighted by atomic mass is 31.2. The van der Waals surface area contributed by atoms with Crippen LogP contribution in [-0.2, 0) is 41.6 Å². The largest absolute Gasteiger partial charge is 0.481 e. The fraction of sp³-hybridized carbons (Fsp3) is 0.812. The number of carbonyl (C=O) groups is 3. The Morgan fingerprint density at radius 1 is 0.833 bits per heavy atom. The summed E-state index contributed by atoms with van der Waals surface area (Å²) in [5.41, 5.74) is 0. The van der Waals surface area contributed by atoms with E-state index < -0.39 is 57.3 Å². The summed E-state index contributed by atoms with van der Waals surface area (Å²) in [4.78, 5) is 34.1. The zero-order valence-electron chi connectivity index (χ0n) is 17.6. The van der Waals surface area contributed by atoms with E-state index in [4.69, 9.17) is 28.3 Å². The van der Waals surface area contributed by atoms with Crippen LogP contribution in [0.3, 0.4) is 0 Å². The van der Waals surface area contributed by atoms with E-state index in [1.165, 1.54) is 0 Å². The van der Waals surface area contributed by atoms with Crippen molar-refractivity contribution < 1.29 is 51.8 Å². The normalized spacial score (nSPS) is 13.2. The highest BCUT2D eigenvalue weighted by molar-refractivity contribution is 7.72. The molecule has 0 aliphatic rings. The van der Waals surface area contributed by atoms with E-state index in [-0.39, 0.29) is 32.8 Å². The molecule has 0 saturated heterocycles. The number of aliphatic carboxylic acids is 2. The zero-order chi connectivity index (χ0) is 23.4. The van der Waals surface area contributed by atoms with Crippen molar-refractivity contribution in [1.29, 1.82) is 0 Å². The minimum Gasteiger partial charge on any atom is -0.481 e. The van der Waals surface area contributed by atoms with Crippen LogP contribution >= 0.6 is 15.2 Å². The van der Waals surface area contributed by atoms with Gasteiger partial charge in [0.1, 0.15) is 6.04 Å². The standard InChI is InChI=1S/C16H31NO11P2/c1-5-25-29(23,26-6-2)15(30(24,27-7-3)28-8-4)10-9-13(18)17-12(16(21)22)11-14(19)20/h12,15H,5-11H2,1-4H3,(H,17,18)(H,19,20)(H,21,22). The molecule has 12 nitrogen and oxygen atoms in total. The monoisotopic (exact) mass is 475 g/mol. The van der Waals surface area contributed by atoms with E-state index in [9.17, 15) is 23.5 Å². The Hall–Kier alpha value is -1.29. The average Bonchev–Trinajstić information content (AvgIpc) is 2.61. The van der Waals surface area contributed by atoms with Gasteiger partial charge in [0, 0.05) is 6.42 Å². The Morgan fingerprint density at radius 3 is 1.53 bits per heavy atom. The van der Waals surface area contributed by atoms with Crippen LogP contribution in [0.4, 0.5) is 0 Å². The molecule has 1 unspecified atom stereocenters. The molecular weight excluding hydrogens is 444 g/mol. The highest BCUT2D eigenvalue weighted by Crippen LogP contribution is 2.71. The first-order valence-electron chi connectivity index (χ1n) is 9.51. The van der Waals surface area contributed by atoms with Gasteiger partial charge in [0.05, 0.1) is 32.8 Å². The molecule has 0 bridgehead atoms. The molecule has 176 valence electrons. The lowest BCUT2D eigenvalue weighted by molar-refractivity contribution is -0.147. The summed E-state index contributed by atoms with van der Waals surface area (Å²) in [5, 5.41) is 18.4. The highest BCUT2D eigenvalue weighted by Gasteiger charge is 2.50. The first kappa shape index (κ1) is 28.7. The van der Waals surface area contributed by atoms with Gasteiger partial charge in [0.2, 0.25) is 5.91 Å². The maximum absolute atomic E-state index is 13.3. The molecule has 0 aliphatic heterocycles. The van der Waals surface area contributed by atoms with Crippen LogP contribution in [0.1, 0.15) is 47.0 Å². The van der Waals surface area contributed by atoms with Crippen molar-refractivity contribution in [2.24, 2.45) is 0 Å². The lowest BCUT2D eigenvalue weighted by Gasteiger charge is -2.31. The summed E-state index contributed by atoms with van der Waals surface area (Å²) in [6.45, 7) is 6.12. The second-order valence-electron chi connectivity index (χ2n) is 5.83. The molecule has 0 fully saturated rings. The number of hydrogen-bond donors (Lipinski definition) is 3. The first-order valence-corrected chi connectivity index (χ1v) is 12.7. The van der Waals surface area contributed by atoms with Gasteiger partial charge in [-0.1, -0.05) is 0 Å². The quantitative estimate of drug-likeness (QED) is 0.264. The fourth-order valence-corrected chi connectivity index (χ4v) is 7.88. The van der Waals surface area contributed by atoms with Gasteiger partial charge < -0.3 is 33.6 Å². The zero-order valence-corrected chi connectivity index (χ0v) is 19.4. The number of rotatable bonds is 17. The SMILES string of the molecule is CCOP(=O)(OCC)C(CCC(=O)NC(CC(=O)O)C(=O)O)P(=O)(OCC)OCC. The van der Waals surface area contributed by atoms with Gasteiger partial charge in [0.15, 0.2) is 5.40 Å². The molecular formula is C16H31NO11P2. The minimum absolute atomic E-state index is 0.0298. The van der Waals surface area contributed by atoms with E-state index in [1.54, 1.807) is 27.7 Å². The number of amides is 1. The predicted octanol–water partition coefficient (Wildman–Crippen LogP) is 2.67. The second-order valence-corrected chi connectivity index (χ2v) is 10.7. The van der Waals surface area contributed by atoms with Crippen molar-refractivity contribution in [3.63, 3.8) is 0 Å². The van der Waals surface area contributed by atoms with Crippen molar-refractivity contribution in [2.75, 3.05) is 26.4 Å². The summed E-state index contributed by atoms with van der Waals surface area (Å²) < 4.78 is 47.7. The van der Waals surface area contributed by atoms with Crippen LogP contribution in [0.2, 0.25) is 0 Å². The van der Waals surface area contributed by atoms with Crippen molar-refractivity contribution in [1.82, 2.24) is 5.32 Å². The summed E-state index contributed by atoms with van der Waals surface area (Å²) in [6.07, 6.45) is -1.60. The van der Waals surface area contributed by atoms with Gasteiger partial charge in [-0.3, -0.25) is 18.7 Å². The van der Waals surface area contributed by atoms with Crippen LogP contribution in [-0.4, -0.2) is 65.9 Å². The first-order chi connectivity index (χ1) is 14.0. The lowest BCUT2D eigenvalue weighted by Crippen LogP contribution is -2.42. The van der Waals surface area contributed by atoms with Crippen molar-refractivity contribution in [3.05, 3.63) is 0 Å². The molecule has 30 heavy (non-hydrogen) atoms. The summed E-state index contributed by atoms with van der Waals surface area (Å²) in [6, 6.07) is -1.65. The number of carboxylic acid groups (broad SMARTS) is 2. The van der Waals surface area contributed by atoms with Crippen LogP contribution in [0, 0.1) is 0 Å². The Morgan fingerprint density at radius 2 is 1.23 bits per heavy atom. The van der Waals surface area contributed by atoms with Gasteiger partial charge >= 0.3 is 27.1 Å². The number of carbonyl (C=O) groups excluding carboxylic acids is 1. The summed E-state index contributed by atoms with van der Waals surface area (Å²) in [7, 11) is -8.09. The molecule has 0 aliphatic carbocycles. The molecule has 1 atom stereocenters. The molecule has 0 aromatic carbocycles. The van der Waals surface area contributed by atoms with Crippen molar-refractivity contribution >= 4 is 33.0 Å². The molecule has 0 rings (SSSR count). The predicted molar refractivity (Wildman–Crippen MR) is 107 cm³/mol. The molecule has 0 heterocycles. The maximum Gasteiger partial charge on any atom is 0.345 e. The van der Waals surface area contributed by atoms with E-state index >= 15 is 0 Å². The molecule has 0 radical (unpaired) electrons. The Bertz CT molecular complexity index is 620. The summed E-state index contributed by atoms with van der Waals surface area (Å²) >= 11 is 0. The maximum atomic E-state index is 13.3. The number of carboxylic acids is 2. The van der Waals surface area contributed by atoms with Crippen LogP contribution in [0.5, 0.6) is 0 Å². The van der Waals surface area contributed by atoms with Gasteiger partial charge in [-0.15, -0.1) is 0 Å². The van der Waals surface area contributed by atoms with E-state index in [0.717, 1.165) is 0 Å². The Balaban J connectivity index is 5.70. The van der Waals surface area contributed by atoms with Gasteiger partial charge in [-0.25, -0.2) is 4.79 Å². The van der Waals surface area contributed by atoms with Crippen molar-refractivity contribution in [2.45, 2.75) is 58.4 Å². The third-order valence-electron chi connectivity index (χ3n) is 3.61. The van der Waals surface area contributed by atoms with Crippen LogP contribution in [0.25, 0.3) is 0 Å².